The molecule has 0 bridgehead atoms. The van der Waals surface area contributed by atoms with Crippen LogP contribution in [0.25, 0.3) is 16.9 Å². The van der Waals surface area contributed by atoms with E-state index < -0.39 is 26.1 Å². The first kappa shape index (κ1) is 30.6. The Kier molecular flexibility index (Phi) is 8.59. The minimum atomic E-state index is -3.96. The zero-order chi connectivity index (χ0) is 30.9. The highest BCUT2D eigenvalue weighted by Crippen LogP contribution is 2.36. The molecule has 228 valence electrons. The number of hydrogen-bond acceptors (Lipinski definition) is 7. The lowest BCUT2D eigenvalue weighted by Crippen LogP contribution is -2.40. The van der Waals surface area contributed by atoms with E-state index in [-0.39, 0.29) is 17.4 Å². The van der Waals surface area contributed by atoms with E-state index >= 15 is 0 Å². The molecule has 0 atom stereocenters. The van der Waals surface area contributed by atoms with Crippen molar-refractivity contribution in [1.29, 1.82) is 0 Å². The van der Waals surface area contributed by atoms with Gasteiger partial charge < -0.3 is 5.32 Å². The summed E-state index contributed by atoms with van der Waals surface area (Å²) in [4.78, 5) is 21.9. The second-order valence-corrected chi connectivity index (χ2v) is 14.7. The van der Waals surface area contributed by atoms with Gasteiger partial charge in [0, 0.05) is 37.3 Å². The van der Waals surface area contributed by atoms with Gasteiger partial charge in [-0.3, -0.25) is 9.38 Å². The lowest BCUT2D eigenvalue weighted by Gasteiger charge is -2.29. The number of nitrogens with zero attached hydrogens (tertiary/aromatic N) is 4. The van der Waals surface area contributed by atoms with Crippen molar-refractivity contribution in [2.24, 2.45) is 0 Å². The molecule has 2 amide bonds. The highest BCUT2D eigenvalue weighted by Gasteiger charge is 2.30. The highest BCUT2D eigenvalue weighted by molar-refractivity contribution is 7.90. The maximum absolute atomic E-state index is 12.5. The zero-order valence-corrected chi connectivity index (χ0v) is 26.3. The molecular formula is C30H36N6O5S2. The summed E-state index contributed by atoms with van der Waals surface area (Å²) in [5.74, 6) is 0.103. The van der Waals surface area contributed by atoms with Gasteiger partial charge in [-0.2, -0.15) is 0 Å². The number of rotatable bonds is 8. The standard InChI is InChI=1S/C30H36N6O5S2/c1-20-5-11-26(12-6-20)43(40,41)34-30(37)31-16-13-23-7-9-25(10-8-23)28-27(24-14-17-35(18-15-24)42(4,38)39)33-29-22(3)32-21(2)19-36(28)29/h5-12,19,24H,13-18H2,1-4H3,(H2,31,34,37). The molecule has 0 aliphatic carbocycles. The molecule has 1 fully saturated rings. The fourth-order valence-corrected chi connectivity index (χ4v) is 7.28. The van der Waals surface area contributed by atoms with E-state index in [0.29, 0.717) is 32.4 Å². The third-order valence-corrected chi connectivity index (χ3v) is 10.4. The summed E-state index contributed by atoms with van der Waals surface area (Å²) in [7, 11) is -7.19. The van der Waals surface area contributed by atoms with Gasteiger partial charge in [-0.25, -0.2) is 35.6 Å². The van der Waals surface area contributed by atoms with Crippen molar-refractivity contribution in [1.82, 2.24) is 28.7 Å². The molecule has 5 rings (SSSR count). The van der Waals surface area contributed by atoms with Crippen molar-refractivity contribution in [2.45, 2.75) is 50.8 Å². The number of nitrogens with one attached hydrogen (secondary N) is 2. The molecule has 0 saturated carbocycles. The molecule has 11 nitrogen and oxygen atoms in total. The van der Waals surface area contributed by atoms with Crippen molar-refractivity contribution in [3.8, 4) is 11.3 Å². The van der Waals surface area contributed by atoms with Gasteiger partial charge in [0.25, 0.3) is 10.0 Å². The van der Waals surface area contributed by atoms with Gasteiger partial charge in [-0.05, 0) is 57.7 Å². The minimum absolute atomic E-state index is 0.0257. The normalized spacial score (nSPS) is 15.1. The van der Waals surface area contributed by atoms with Crippen LogP contribution in [0.2, 0.25) is 0 Å². The summed E-state index contributed by atoms with van der Waals surface area (Å²) in [5.41, 5.74) is 7.23. The second-order valence-electron chi connectivity index (χ2n) is 11.1. The fraction of sp³-hybridized carbons (Fsp3) is 0.367. The number of urea groups is 1. The van der Waals surface area contributed by atoms with E-state index in [1.54, 1.807) is 12.1 Å². The maximum atomic E-state index is 12.5. The largest absolute Gasteiger partial charge is 0.337 e. The quantitative estimate of drug-likeness (QED) is 0.304. The number of fused-ring (bicyclic) bond motifs is 1. The number of aryl methyl sites for hydroxylation is 3. The predicted molar refractivity (Wildman–Crippen MR) is 165 cm³/mol. The van der Waals surface area contributed by atoms with E-state index in [0.717, 1.165) is 45.1 Å². The van der Waals surface area contributed by atoms with Crippen LogP contribution < -0.4 is 10.0 Å². The van der Waals surface area contributed by atoms with E-state index in [2.05, 4.69) is 19.4 Å². The van der Waals surface area contributed by atoms with E-state index in [1.165, 1.54) is 22.7 Å². The van der Waals surface area contributed by atoms with Gasteiger partial charge in [0.2, 0.25) is 10.0 Å². The number of benzene rings is 2. The van der Waals surface area contributed by atoms with Crippen LogP contribution in [0.5, 0.6) is 0 Å². The fourth-order valence-electron chi connectivity index (χ4n) is 5.48. The monoisotopic (exact) mass is 624 g/mol. The van der Waals surface area contributed by atoms with Crippen molar-refractivity contribution in [2.75, 3.05) is 25.9 Å². The summed E-state index contributed by atoms with van der Waals surface area (Å²) in [5, 5.41) is 2.62. The number of amides is 2. The van der Waals surface area contributed by atoms with Gasteiger partial charge in [0.1, 0.15) is 0 Å². The smallest absolute Gasteiger partial charge is 0.328 e. The molecule has 2 aromatic heterocycles. The van der Waals surface area contributed by atoms with Crippen LogP contribution in [-0.4, -0.2) is 67.4 Å². The van der Waals surface area contributed by atoms with Crippen LogP contribution in [-0.2, 0) is 26.5 Å². The maximum Gasteiger partial charge on any atom is 0.328 e. The van der Waals surface area contributed by atoms with Crippen LogP contribution in [0.15, 0.2) is 59.6 Å². The molecule has 13 heteroatoms. The molecular weight excluding hydrogens is 589 g/mol. The van der Waals surface area contributed by atoms with Crippen molar-refractivity contribution in [3.05, 3.63) is 82.9 Å². The van der Waals surface area contributed by atoms with Gasteiger partial charge in [0.15, 0.2) is 5.65 Å². The van der Waals surface area contributed by atoms with Gasteiger partial charge in [0.05, 0.1) is 33.9 Å². The number of hydrogen-bond donors (Lipinski definition) is 2. The number of aromatic nitrogens is 3. The Labute approximate surface area is 252 Å². The Morgan fingerprint density at radius 3 is 2.21 bits per heavy atom. The minimum Gasteiger partial charge on any atom is -0.337 e. The predicted octanol–water partition coefficient (Wildman–Crippen LogP) is 3.69. The number of sulfonamides is 2. The van der Waals surface area contributed by atoms with Crippen LogP contribution in [0.3, 0.4) is 0 Å². The van der Waals surface area contributed by atoms with Gasteiger partial charge >= 0.3 is 6.03 Å². The zero-order valence-electron chi connectivity index (χ0n) is 24.7. The first-order valence-electron chi connectivity index (χ1n) is 14.1. The summed E-state index contributed by atoms with van der Waals surface area (Å²) < 4.78 is 54.7. The Morgan fingerprint density at radius 2 is 1.58 bits per heavy atom. The Balaban J connectivity index is 1.30. The second kappa shape index (κ2) is 12.1. The van der Waals surface area contributed by atoms with Crippen LogP contribution in [0.1, 0.15) is 47.0 Å². The molecule has 43 heavy (non-hydrogen) atoms. The molecule has 1 aliphatic heterocycles. The van der Waals surface area contributed by atoms with Crippen LogP contribution in [0.4, 0.5) is 4.79 Å². The summed E-state index contributed by atoms with van der Waals surface area (Å²) in [6, 6.07) is 13.5. The molecule has 2 N–H and O–H groups in total. The Hall–Kier alpha value is -3.81. The average molecular weight is 625 g/mol. The molecule has 0 unspecified atom stereocenters. The molecule has 0 spiro atoms. The Bertz CT molecular complexity index is 1860. The highest BCUT2D eigenvalue weighted by atomic mass is 32.2. The summed E-state index contributed by atoms with van der Waals surface area (Å²) in [6.45, 7) is 6.90. The first-order chi connectivity index (χ1) is 20.3. The van der Waals surface area contributed by atoms with Crippen LogP contribution >= 0.6 is 0 Å². The van der Waals surface area contributed by atoms with E-state index in [1.807, 2.05) is 51.2 Å². The molecule has 4 aromatic rings. The topological polar surface area (TPSA) is 143 Å². The number of imidazole rings is 1. The third kappa shape index (κ3) is 6.89. The first-order valence-corrected chi connectivity index (χ1v) is 17.4. The number of piperidine rings is 1. The van der Waals surface area contributed by atoms with Crippen molar-refractivity contribution < 1.29 is 21.6 Å². The van der Waals surface area contributed by atoms with Crippen LogP contribution in [0, 0.1) is 20.8 Å². The Morgan fingerprint density at radius 1 is 0.930 bits per heavy atom. The van der Waals surface area contributed by atoms with Gasteiger partial charge in [-0.1, -0.05) is 42.0 Å². The number of carbonyl (C=O) groups excluding carboxylic acids is 1. The SMILES string of the molecule is Cc1ccc(S(=O)(=O)NC(=O)NCCc2ccc(-c3c(C4CCN(S(C)(=O)=O)CC4)nc4c(C)nc(C)cn34)cc2)cc1. The average Bonchev–Trinajstić information content (AvgIpc) is 3.33. The molecule has 2 aromatic carbocycles. The van der Waals surface area contributed by atoms with E-state index in [4.69, 9.17) is 4.98 Å². The summed E-state index contributed by atoms with van der Waals surface area (Å²) in [6.07, 6.45) is 5.09. The molecule has 3 heterocycles. The molecule has 0 radical (unpaired) electrons. The molecule has 1 saturated heterocycles. The molecule has 1 aliphatic rings. The van der Waals surface area contributed by atoms with Crippen molar-refractivity contribution in [3.63, 3.8) is 0 Å². The van der Waals surface area contributed by atoms with Crippen molar-refractivity contribution >= 4 is 31.7 Å². The van der Waals surface area contributed by atoms with E-state index in [9.17, 15) is 21.6 Å². The number of carbonyl (C=O) groups is 1. The summed E-state index contributed by atoms with van der Waals surface area (Å²) >= 11 is 0. The van der Waals surface area contributed by atoms with Gasteiger partial charge in [-0.15, -0.1) is 0 Å². The lowest BCUT2D eigenvalue weighted by atomic mass is 9.91. The lowest BCUT2D eigenvalue weighted by molar-refractivity contribution is 0.246. The third-order valence-electron chi connectivity index (χ3n) is 7.72.